The minimum absolute atomic E-state index is 0.259. The van der Waals surface area contributed by atoms with Gasteiger partial charge in [0.1, 0.15) is 17.3 Å². The lowest BCUT2D eigenvalue weighted by atomic mass is 10.1. The second kappa shape index (κ2) is 10.4. The lowest BCUT2D eigenvalue weighted by molar-refractivity contribution is 0.0924. The molecular formula is C24H27NO6. The van der Waals surface area contributed by atoms with Gasteiger partial charge < -0.3 is 28.7 Å². The maximum atomic E-state index is 12.5. The number of rotatable bonds is 10. The zero-order chi connectivity index (χ0) is 22.2. The number of amides is 1. The Morgan fingerprint density at radius 3 is 2.39 bits per heavy atom. The van der Waals surface area contributed by atoms with E-state index in [1.807, 2.05) is 36.4 Å². The summed E-state index contributed by atoms with van der Waals surface area (Å²) in [6.07, 6.45) is 1.08. The van der Waals surface area contributed by atoms with Gasteiger partial charge in [0.05, 0.1) is 28.4 Å². The molecule has 7 heteroatoms. The van der Waals surface area contributed by atoms with Crippen molar-refractivity contribution >= 4 is 5.91 Å². The predicted octanol–water partition coefficient (Wildman–Crippen LogP) is 3.88. The van der Waals surface area contributed by atoms with E-state index in [4.69, 9.17) is 23.4 Å². The molecule has 0 bridgehead atoms. The molecule has 1 heterocycles. The summed E-state index contributed by atoms with van der Waals surface area (Å²) in [5.41, 5.74) is 1.86. The number of carbonyl (C=O) groups excluding carboxylic acids is 1. The Kier molecular flexibility index (Phi) is 7.43. The fraction of sp³-hybridized carbons (Fsp3) is 0.292. The summed E-state index contributed by atoms with van der Waals surface area (Å²) in [5.74, 6) is 3.44. The smallest absolute Gasteiger partial charge is 0.287 e. The van der Waals surface area contributed by atoms with Crippen LogP contribution in [0.25, 0.3) is 0 Å². The first kappa shape index (κ1) is 22.1. The van der Waals surface area contributed by atoms with Crippen molar-refractivity contribution in [2.75, 3.05) is 35.0 Å². The third-order valence-electron chi connectivity index (χ3n) is 4.90. The highest BCUT2D eigenvalue weighted by molar-refractivity contribution is 5.91. The molecule has 2 aromatic carbocycles. The van der Waals surface area contributed by atoms with E-state index in [2.05, 4.69) is 5.32 Å². The number of ether oxygens (including phenoxy) is 4. The number of methoxy groups -OCH3 is 4. The standard InChI is InChI=1S/C24H27NO6/c1-27-18-8-10-20(28-2)17(14-18)15-19-9-11-22(31-19)24(26)25-13-12-16-6-5-7-21(29-3)23(16)30-4/h5-11,14H,12-13,15H2,1-4H3,(H,25,26). The molecule has 0 unspecified atom stereocenters. The van der Waals surface area contributed by atoms with Crippen LogP contribution in [0.15, 0.2) is 52.9 Å². The van der Waals surface area contributed by atoms with Crippen molar-refractivity contribution in [2.45, 2.75) is 12.8 Å². The van der Waals surface area contributed by atoms with Crippen molar-refractivity contribution in [3.05, 3.63) is 71.2 Å². The van der Waals surface area contributed by atoms with E-state index < -0.39 is 0 Å². The lowest BCUT2D eigenvalue weighted by Crippen LogP contribution is -2.25. The largest absolute Gasteiger partial charge is 0.497 e. The molecule has 0 radical (unpaired) electrons. The molecule has 7 nitrogen and oxygen atoms in total. The Morgan fingerprint density at radius 1 is 0.871 bits per heavy atom. The first-order chi connectivity index (χ1) is 15.1. The Balaban J connectivity index is 1.61. The van der Waals surface area contributed by atoms with Gasteiger partial charge in [-0.05, 0) is 48.4 Å². The number of furan rings is 1. The molecule has 164 valence electrons. The second-order valence-electron chi connectivity index (χ2n) is 6.78. The van der Waals surface area contributed by atoms with Crippen molar-refractivity contribution in [1.82, 2.24) is 5.32 Å². The van der Waals surface area contributed by atoms with E-state index in [0.717, 1.165) is 22.6 Å². The van der Waals surface area contributed by atoms with Gasteiger partial charge in [0.15, 0.2) is 17.3 Å². The number of hydrogen-bond donors (Lipinski definition) is 1. The Bertz CT molecular complexity index is 1030. The molecule has 0 fully saturated rings. The van der Waals surface area contributed by atoms with Crippen molar-refractivity contribution in [1.29, 1.82) is 0 Å². The minimum atomic E-state index is -0.272. The van der Waals surface area contributed by atoms with Gasteiger partial charge in [0.25, 0.3) is 5.91 Å². The molecular weight excluding hydrogens is 398 g/mol. The third-order valence-corrected chi connectivity index (χ3v) is 4.90. The molecule has 3 aromatic rings. The van der Waals surface area contributed by atoms with Crippen LogP contribution >= 0.6 is 0 Å². The highest BCUT2D eigenvalue weighted by atomic mass is 16.5. The van der Waals surface area contributed by atoms with E-state index in [1.54, 1.807) is 40.6 Å². The van der Waals surface area contributed by atoms with E-state index in [0.29, 0.717) is 36.6 Å². The van der Waals surface area contributed by atoms with Crippen LogP contribution in [-0.4, -0.2) is 40.9 Å². The molecule has 0 aliphatic heterocycles. The zero-order valence-corrected chi connectivity index (χ0v) is 18.2. The van der Waals surface area contributed by atoms with Gasteiger partial charge in [-0.2, -0.15) is 0 Å². The number of hydrogen-bond acceptors (Lipinski definition) is 6. The molecule has 0 saturated carbocycles. The molecule has 0 aliphatic rings. The molecule has 1 N–H and O–H groups in total. The Labute approximate surface area is 181 Å². The van der Waals surface area contributed by atoms with Gasteiger partial charge in [0, 0.05) is 18.5 Å². The molecule has 1 amide bonds. The van der Waals surface area contributed by atoms with Crippen LogP contribution in [0.5, 0.6) is 23.0 Å². The van der Waals surface area contributed by atoms with Crippen molar-refractivity contribution in [3.8, 4) is 23.0 Å². The molecule has 3 rings (SSSR count). The average molecular weight is 425 g/mol. The molecule has 0 atom stereocenters. The highest BCUT2D eigenvalue weighted by Crippen LogP contribution is 2.31. The highest BCUT2D eigenvalue weighted by Gasteiger charge is 2.14. The van der Waals surface area contributed by atoms with E-state index in [1.165, 1.54) is 0 Å². The second-order valence-corrected chi connectivity index (χ2v) is 6.78. The Hall–Kier alpha value is -3.61. The predicted molar refractivity (Wildman–Crippen MR) is 117 cm³/mol. The molecule has 1 aromatic heterocycles. The van der Waals surface area contributed by atoms with Crippen molar-refractivity contribution in [3.63, 3.8) is 0 Å². The van der Waals surface area contributed by atoms with Crippen LogP contribution in [0, 0.1) is 0 Å². The zero-order valence-electron chi connectivity index (χ0n) is 18.2. The van der Waals surface area contributed by atoms with Gasteiger partial charge in [-0.25, -0.2) is 0 Å². The fourth-order valence-electron chi connectivity index (χ4n) is 3.35. The Morgan fingerprint density at radius 2 is 1.68 bits per heavy atom. The van der Waals surface area contributed by atoms with Crippen molar-refractivity contribution in [2.24, 2.45) is 0 Å². The molecule has 0 spiro atoms. The summed E-state index contributed by atoms with van der Waals surface area (Å²) >= 11 is 0. The summed E-state index contributed by atoms with van der Waals surface area (Å²) in [6, 6.07) is 14.7. The molecule has 31 heavy (non-hydrogen) atoms. The third kappa shape index (κ3) is 5.31. The summed E-state index contributed by atoms with van der Waals surface area (Å²) in [6.45, 7) is 0.433. The lowest BCUT2D eigenvalue weighted by Gasteiger charge is -2.12. The topological polar surface area (TPSA) is 79.2 Å². The SMILES string of the molecule is COc1ccc(OC)c(Cc2ccc(C(=O)NCCc3cccc(OC)c3OC)o2)c1. The first-order valence-corrected chi connectivity index (χ1v) is 9.87. The van der Waals surface area contributed by atoms with Gasteiger partial charge in [-0.15, -0.1) is 0 Å². The fourth-order valence-corrected chi connectivity index (χ4v) is 3.35. The first-order valence-electron chi connectivity index (χ1n) is 9.87. The maximum Gasteiger partial charge on any atom is 0.287 e. The average Bonchev–Trinajstić information content (AvgIpc) is 3.27. The number of nitrogens with one attached hydrogen (secondary N) is 1. The number of benzene rings is 2. The summed E-state index contributed by atoms with van der Waals surface area (Å²) < 4.78 is 27.2. The normalized spacial score (nSPS) is 10.5. The monoisotopic (exact) mass is 425 g/mol. The van der Waals surface area contributed by atoms with Crippen LogP contribution in [-0.2, 0) is 12.8 Å². The summed E-state index contributed by atoms with van der Waals surface area (Å²) in [4.78, 5) is 12.5. The van der Waals surface area contributed by atoms with Gasteiger partial charge >= 0.3 is 0 Å². The van der Waals surface area contributed by atoms with Crippen LogP contribution in [0.4, 0.5) is 0 Å². The summed E-state index contributed by atoms with van der Waals surface area (Å²) in [5, 5.41) is 2.88. The van der Waals surface area contributed by atoms with E-state index in [9.17, 15) is 4.79 Å². The van der Waals surface area contributed by atoms with Crippen LogP contribution in [0.2, 0.25) is 0 Å². The molecule has 0 aliphatic carbocycles. The van der Waals surface area contributed by atoms with E-state index in [-0.39, 0.29) is 11.7 Å². The number of para-hydroxylation sites is 1. The summed E-state index contributed by atoms with van der Waals surface area (Å²) in [7, 11) is 6.42. The number of carbonyl (C=O) groups is 1. The minimum Gasteiger partial charge on any atom is -0.497 e. The van der Waals surface area contributed by atoms with Gasteiger partial charge in [-0.1, -0.05) is 12.1 Å². The van der Waals surface area contributed by atoms with Crippen LogP contribution < -0.4 is 24.3 Å². The van der Waals surface area contributed by atoms with E-state index >= 15 is 0 Å². The van der Waals surface area contributed by atoms with Gasteiger partial charge in [0.2, 0.25) is 0 Å². The maximum absolute atomic E-state index is 12.5. The van der Waals surface area contributed by atoms with Crippen LogP contribution in [0.1, 0.15) is 27.4 Å². The van der Waals surface area contributed by atoms with Gasteiger partial charge in [-0.3, -0.25) is 4.79 Å². The quantitative estimate of drug-likeness (QED) is 0.531. The molecule has 0 saturated heterocycles. The van der Waals surface area contributed by atoms with Crippen LogP contribution in [0.3, 0.4) is 0 Å². The van der Waals surface area contributed by atoms with Crippen molar-refractivity contribution < 1.29 is 28.2 Å².